The quantitative estimate of drug-likeness (QED) is 0.634. The van der Waals surface area contributed by atoms with E-state index in [2.05, 4.69) is 19.3 Å². The topological polar surface area (TPSA) is 58.4 Å². The van der Waals surface area contributed by atoms with Crippen molar-refractivity contribution < 1.29 is 4.79 Å². The Morgan fingerprint density at radius 1 is 1.32 bits per heavy atom. The molecule has 19 heavy (non-hydrogen) atoms. The maximum absolute atomic E-state index is 12.6. The molecular formula is C15H25N3O. The van der Waals surface area contributed by atoms with Gasteiger partial charge in [0.15, 0.2) is 0 Å². The molecular weight excluding hydrogens is 238 g/mol. The molecule has 1 amide bonds. The summed E-state index contributed by atoms with van der Waals surface area (Å²) in [5, 5.41) is 0. The van der Waals surface area contributed by atoms with E-state index in [0.717, 1.165) is 23.4 Å². The monoisotopic (exact) mass is 263 g/mol. The molecule has 1 aromatic rings. The van der Waals surface area contributed by atoms with E-state index >= 15 is 0 Å². The number of hydrogen-bond acceptors (Lipinski definition) is 3. The van der Waals surface area contributed by atoms with Crippen LogP contribution < -0.4 is 11.3 Å². The summed E-state index contributed by atoms with van der Waals surface area (Å²) in [6, 6.07) is 5.75. The molecule has 0 fully saturated rings. The lowest BCUT2D eigenvalue weighted by atomic mass is 10.0. The highest BCUT2D eigenvalue weighted by atomic mass is 16.2. The maximum atomic E-state index is 12.6. The van der Waals surface area contributed by atoms with Gasteiger partial charge in [-0.1, -0.05) is 13.8 Å². The van der Waals surface area contributed by atoms with Gasteiger partial charge >= 0.3 is 0 Å². The first-order valence-corrected chi connectivity index (χ1v) is 6.75. The van der Waals surface area contributed by atoms with Crippen LogP contribution in [0.2, 0.25) is 0 Å². The van der Waals surface area contributed by atoms with Crippen molar-refractivity contribution in [2.24, 2.45) is 11.8 Å². The van der Waals surface area contributed by atoms with E-state index in [1.807, 2.05) is 43.9 Å². The van der Waals surface area contributed by atoms with Gasteiger partial charge in [-0.05, 0) is 50.5 Å². The van der Waals surface area contributed by atoms with Gasteiger partial charge in [-0.25, -0.2) is 0 Å². The van der Waals surface area contributed by atoms with Crippen LogP contribution in [0.15, 0.2) is 18.2 Å². The molecule has 0 unspecified atom stereocenters. The zero-order valence-electron chi connectivity index (χ0n) is 12.5. The summed E-state index contributed by atoms with van der Waals surface area (Å²) in [6.45, 7) is 11.0. The Bertz CT molecular complexity index is 441. The zero-order valence-corrected chi connectivity index (χ0v) is 12.5. The summed E-state index contributed by atoms with van der Waals surface area (Å²) < 4.78 is 0. The number of nitrogens with zero attached hydrogens (tertiary/aromatic N) is 1. The molecule has 0 spiro atoms. The fraction of sp³-hybridized carbons (Fsp3) is 0.533. The molecule has 4 nitrogen and oxygen atoms in total. The lowest BCUT2D eigenvalue weighted by molar-refractivity contribution is 0.0681. The van der Waals surface area contributed by atoms with Crippen LogP contribution in [0, 0.1) is 12.8 Å². The molecule has 0 atom stereocenters. The number of nitrogens with two attached hydrogens (primary N) is 1. The zero-order chi connectivity index (χ0) is 14.6. The highest BCUT2D eigenvalue weighted by Crippen LogP contribution is 2.18. The average molecular weight is 263 g/mol. The van der Waals surface area contributed by atoms with Crippen molar-refractivity contribution in [3.05, 3.63) is 29.3 Å². The second kappa shape index (κ2) is 6.57. The highest BCUT2D eigenvalue weighted by molar-refractivity contribution is 5.96. The van der Waals surface area contributed by atoms with Crippen LogP contribution in [0.25, 0.3) is 0 Å². The number of anilines is 1. The molecule has 106 valence electrons. The van der Waals surface area contributed by atoms with Crippen molar-refractivity contribution in [2.45, 2.75) is 40.7 Å². The summed E-state index contributed by atoms with van der Waals surface area (Å²) in [5.41, 5.74) is 5.09. The summed E-state index contributed by atoms with van der Waals surface area (Å²) in [6.07, 6.45) is 0. The SMILES string of the molecule is Cc1cc(NN)ccc1C(=O)N(CC(C)C)C(C)C. The Kier molecular flexibility index (Phi) is 5.36. The van der Waals surface area contributed by atoms with Gasteiger partial charge in [-0.2, -0.15) is 0 Å². The van der Waals surface area contributed by atoms with E-state index in [1.54, 1.807) is 0 Å². The molecule has 1 aromatic carbocycles. The van der Waals surface area contributed by atoms with Crippen LogP contribution in [0.4, 0.5) is 5.69 Å². The third-order valence-corrected chi connectivity index (χ3v) is 3.07. The summed E-state index contributed by atoms with van der Waals surface area (Å²) in [7, 11) is 0. The van der Waals surface area contributed by atoms with Gasteiger partial charge in [0.2, 0.25) is 0 Å². The number of nitrogen functional groups attached to an aromatic ring is 1. The number of aryl methyl sites for hydroxylation is 1. The van der Waals surface area contributed by atoms with Gasteiger partial charge in [0.1, 0.15) is 0 Å². The fourth-order valence-electron chi connectivity index (χ4n) is 2.07. The van der Waals surface area contributed by atoms with Crippen LogP contribution in [0.5, 0.6) is 0 Å². The Hall–Kier alpha value is -1.55. The summed E-state index contributed by atoms with van der Waals surface area (Å²) in [5.74, 6) is 5.92. The highest BCUT2D eigenvalue weighted by Gasteiger charge is 2.21. The van der Waals surface area contributed by atoms with E-state index in [9.17, 15) is 4.79 Å². The third kappa shape index (κ3) is 3.96. The molecule has 0 aromatic heterocycles. The van der Waals surface area contributed by atoms with Gasteiger partial charge in [-0.15, -0.1) is 0 Å². The number of carbonyl (C=O) groups excluding carboxylic acids is 1. The minimum absolute atomic E-state index is 0.0878. The third-order valence-electron chi connectivity index (χ3n) is 3.07. The van der Waals surface area contributed by atoms with Crippen LogP contribution in [0.3, 0.4) is 0 Å². The summed E-state index contributed by atoms with van der Waals surface area (Å²) in [4.78, 5) is 14.5. The normalized spacial score (nSPS) is 10.9. The maximum Gasteiger partial charge on any atom is 0.254 e. The largest absolute Gasteiger partial charge is 0.336 e. The molecule has 1 rings (SSSR count). The van der Waals surface area contributed by atoms with E-state index in [0.29, 0.717) is 5.92 Å². The molecule has 0 aliphatic heterocycles. The predicted molar refractivity (Wildman–Crippen MR) is 80.0 cm³/mol. The van der Waals surface area contributed by atoms with Crippen molar-refractivity contribution in [3.8, 4) is 0 Å². The van der Waals surface area contributed by atoms with Gasteiger partial charge < -0.3 is 10.3 Å². The van der Waals surface area contributed by atoms with Gasteiger partial charge in [0, 0.05) is 23.8 Å². The van der Waals surface area contributed by atoms with Crippen molar-refractivity contribution in [1.82, 2.24) is 4.90 Å². The second-order valence-electron chi connectivity index (χ2n) is 5.62. The first kappa shape index (κ1) is 15.5. The first-order chi connectivity index (χ1) is 8.86. The Morgan fingerprint density at radius 2 is 1.95 bits per heavy atom. The molecule has 0 bridgehead atoms. The van der Waals surface area contributed by atoms with Gasteiger partial charge in [0.05, 0.1) is 0 Å². The Morgan fingerprint density at radius 3 is 2.37 bits per heavy atom. The van der Waals surface area contributed by atoms with Crippen molar-refractivity contribution in [1.29, 1.82) is 0 Å². The smallest absolute Gasteiger partial charge is 0.254 e. The number of hydrogen-bond donors (Lipinski definition) is 2. The van der Waals surface area contributed by atoms with E-state index in [4.69, 9.17) is 5.84 Å². The fourth-order valence-corrected chi connectivity index (χ4v) is 2.07. The second-order valence-corrected chi connectivity index (χ2v) is 5.62. The van der Waals surface area contributed by atoms with Crippen LogP contribution in [-0.4, -0.2) is 23.4 Å². The van der Waals surface area contributed by atoms with Gasteiger partial charge in [-0.3, -0.25) is 10.6 Å². The predicted octanol–water partition coefficient (Wildman–Crippen LogP) is 2.79. The molecule has 0 heterocycles. The molecule has 0 saturated carbocycles. The molecule has 0 radical (unpaired) electrons. The molecule has 3 N–H and O–H groups in total. The standard InChI is InChI=1S/C15H25N3O/c1-10(2)9-18(11(3)4)15(19)14-7-6-13(17-16)8-12(14)5/h6-8,10-11,17H,9,16H2,1-5H3. The first-order valence-electron chi connectivity index (χ1n) is 6.75. The minimum atomic E-state index is 0.0878. The van der Waals surface area contributed by atoms with Crippen LogP contribution in [-0.2, 0) is 0 Å². The van der Waals surface area contributed by atoms with E-state index in [-0.39, 0.29) is 11.9 Å². The minimum Gasteiger partial charge on any atom is -0.336 e. The van der Waals surface area contributed by atoms with Crippen molar-refractivity contribution in [2.75, 3.05) is 12.0 Å². The van der Waals surface area contributed by atoms with Crippen LogP contribution >= 0.6 is 0 Å². The van der Waals surface area contributed by atoms with E-state index in [1.165, 1.54) is 0 Å². The Labute approximate surface area is 115 Å². The van der Waals surface area contributed by atoms with Crippen molar-refractivity contribution in [3.63, 3.8) is 0 Å². The number of nitrogens with one attached hydrogen (secondary N) is 1. The van der Waals surface area contributed by atoms with Crippen LogP contribution in [0.1, 0.15) is 43.6 Å². The van der Waals surface area contributed by atoms with Gasteiger partial charge in [0.25, 0.3) is 5.91 Å². The lowest BCUT2D eigenvalue weighted by Crippen LogP contribution is -2.39. The summed E-state index contributed by atoms with van der Waals surface area (Å²) >= 11 is 0. The molecule has 4 heteroatoms. The number of hydrazine groups is 1. The lowest BCUT2D eigenvalue weighted by Gasteiger charge is -2.29. The average Bonchev–Trinajstić information content (AvgIpc) is 2.34. The number of benzene rings is 1. The van der Waals surface area contributed by atoms with Crippen molar-refractivity contribution >= 4 is 11.6 Å². The molecule has 0 aliphatic carbocycles. The number of carbonyl (C=O) groups is 1. The van der Waals surface area contributed by atoms with E-state index < -0.39 is 0 Å². The Balaban J connectivity index is 3.02. The number of amides is 1. The molecule has 0 saturated heterocycles. The number of rotatable bonds is 5. The molecule has 0 aliphatic rings.